The molecule has 1 aromatic carbocycles. The second-order valence-electron chi connectivity index (χ2n) is 6.19. The van der Waals surface area contributed by atoms with E-state index < -0.39 is 11.8 Å². The highest BCUT2D eigenvalue weighted by molar-refractivity contribution is 6.36. The van der Waals surface area contributed by atoms with Crippen molar-refractivity contribution in [1.29, 1.82) is 0 Å². The molecule has 0 N–H and O–H groups in total. The van der Waals surface area contributed by atoms with Crippen molar-refractivity contribution >= 4 is 23.2 Å². The van der Waals surface area contributed by atoms with Gasteiger partial charge in [-0.1, -0.05) is 17.7 Å². The van der Waals surface area contributed by atoms with Crippen LogP contribution in [0.2, 0.25) is 5.02 Å². The molecular formula is C18H15ClFN3O2. The van der Waals surface area contributed by atoms with Crippen LogP contribution in [0.3, 0.4) is 0 Å². The van der Waals surface area contributed by atoms with E-state index in [1.165, 1.54) is 32.1 Å². The van der Waals surface area contributed by atoms with Crippen LogP contribution in [0.4, 0.5) is 4.39 Å². The van der Waals surface area contributed by atoms with Crippen LogP contribution in [0.25, 0.3) is 16.8 Å². The van der Waals surface area contributed by atoms with Gasteiger partial charge < -0.3 is 4.74 Å². The number of carbonyl (C=O) groups excluding carboxylic acids is 1. The molecule has 128 valence electrons. The molecule has 2 aromatic heterocycles. The topological polar surface area (TPSA) is 56.5 Å². The zero-order chi connectivity index (χ0) is 17.6. The number of esters is 1. The number of hydrogen-bond acceptors (Lipinski definition) is 4. The van der Waals surface area contributed by atoms with Gasteiger partial charge in [0.1, 0.15) is 11.6 Å². The summed E-state index contributed by atoms with van der Waals surface area (Å²) in [6, 6.07) is 5.91. The standard InChI is InChI=1S/C18H15ClFN3O2/c1-25-18(24)11-4-5-12(14(20)9-11)13-6-7-23-15(8-10-2-3-10)21-22-17(23)16(13)19/h4-7,9-10H,2-3,8H2,1H3. The van der Waals surface area contributed by atoms with Gasteiger partial charge in [-0.3, -0.25) is 4.40 Å². The van der Waals surface area contributed by atoms with Gasteiger partial charge in [-0.25, -0.2) is 9.18 Å². The summed E-state index contributed by atoms with van der Waals surface area (Å²) in [6.07, 6.45) is 5.12. The molecule has 25 heavy (non-hydrogen) atoms. The molecule has 0 amide bonds. The normalized spacial score (nSPS) is 14.0. The lowest BCUT2D eigenvalue weighted by atomic mass is 10.0. The molecule has 2 heterocycles. The van der Waals surface area contributed by atoms with E-state index in [2.05, 4.69) is 14.9 Å². The van der Waals surface area contributed by atoms with E-state index in [0.717, 1.165) is 18.3 Å². The van der Waals surface area contributed by atoms with E-state index in [1.54, 1.807) is 6.07 Å². The van der Waals surface area contributed by atoms with Crippen LogP contribution in [0.1, 0.15) is 29.0 Å². The van der Waals surface area contributed by atoms with Crippen LogP contribution in [0, 0.1) is 11.7 Å². The molecule has 0 unspecified atom stereocenters. The van der Waals surface area contributed by atoms with Crippen molar-refractivity contribution in [3.63, 3.8) is 0 Å². The third-order valence-corrected chi connectivity index (χ3v) is 4.81. The number of nitrogens with zero attached hydrogens (tertiary/aromatic N) is 3. The largest absolute Gasteiger partial charge is 0.465 e. The molecule has 0 radical (unpaired) electrons. The predicted molar refractivity (Wildman–Crippen MR) is 91.2 cm³/mol. The van der Waals surface area contributed by atoms with Crippen molar-refractivity contribution in [3.8, 4) is 11.1 Å². The Balaban J connectivity index is 1.76. The van der Waals surface area contributed by atoms with E-state index in [1.807, 2.05) is 10.6 Å². The zero-order valence-corrected chi connectivity index (χ0v) is 14.3. The summed E-state index contributed by atoms with van der Waals surface area (Å²) >= 11 is 6.46. The Morgan fingerprint density at radius 3 is 2.80 bits per heavy atom. The molecular weight excluding hydrogens is 345 g/mol. The summed E-state index contributed by atoms with van der Waals surface area (Å²) in [7, 11) is 1.25. The van der Waals surface area contributed by atoms with Gasteiger partial charge >= 0.3 is 5.97 Å². The first-order chi connectivity index (χ1) is 12.1. The molecule has 7 heteroatoms. The van der Waals surface area contributed by atoms with Crippen LogP contribution in [0.5, 0.6) is 0 Å². The molecule has 5 nitrogen and oxygen atoms in total. The van der Waals surface area contributed by atoms with Gasteiger partial charge in [-0.05, 0) is 37.0 Å². The van der Waals surface area contributed by atoms with Crippen molar-refractivity contribution in [2.75, 3.05) is 7.11 Å². The predicted octanol–water partition coefficient (Wildman–Crippen LogP) is 3.93. The highest BCUT2D eigenvalue weighted by atomic mass is 35.5. The fraction of sp³-hybridized carbons (Fsp3) is 0.278. The number of benzene rings is 1. The van der Waals surface area contributed by atoms with Crippen LogP contribution >= 0.6 is 11.6 Å². The highest BCUT2D eigenvalue weighted by Crippen LogP contribution is 2.35. The smallest absolute Gasteiger partial charge is 0.337 e. The van der Waals surface area contributed by atoms with Crippen molar-refractivity contribution < 1.29 is 13.9 Å². The highest BCUT2D eigenvalue weighted by Gasteiger charge is 2.25. The number of aromatic nitrogens is 3. The minimum Gasteiger partial charge on any atom is -0.465 e. The van der Waals surface area contributed by atoms with E-state index in [0.29, 0.717) is 27.7 Å². The van der Waals surface area contributed by atoms with Crippen molar-refractivity contribution in [1.82, 2.24) is 14.6 Å². The molecule has 1 aliphatic rings. The van der Waals surface area contributed by atoms with E-state index in [-0.39, 0.29) is 5.56 Å². The first kappa shape index (κ1) is 16.0. The quantitative estimate of drug-likeness (QED) is 0.662. The van der Waals surface area contributed by atoms with E-state index >= 15 is 0 Å². The Morgan fingerprint density at radius 1 is 1.32 bits per heavy atom. The monoisotopic (exact) mass is 359 g/mol. The molecule has 0 atom stereocenters. The number of ether oxygens (including phenoxy) is 1. The number of methoxy groups -OCH3 is 1. The van der Waals surface area contributed by atoms with Crippen LogP contribution in [-0.4, -0.2) is 27.7 Å². The minimum absolute atomic E-state index is 0.148. The molecule has 0 saturated heterocycles. The molecule has 0 spiro atoms. The molecule has 0 bridgehead atoms. The summed E-state index contributed by atoms with van der Waals surface area (Å²) in [5.74, 6) is 0.405. The van der Waals surface area contributed by atoms with Gasteiger partial charge in [0.2, 0.25) is 0 Å². The molecule has 4 rings (SSSR count). The number of halogens is 2. The molecule has 1 saturated carbocycles. The molecule has 3 aromatic rings. The number of carbonyl (C=O) groups is 1. The average Bonchev–Trinajstić information content (AvgIpc) is 3.34. The van der Waals surface area contributed by atoms with Crippen LogP contribution < -0.4 is 0 Å². The third-order valence-electron chi connectivity index (χ3n) is 4.44. The summed E-state index contributed by atoms with van der Waals surface area (Å²) < 4.78 is 20.9. The molecule has 1 fully saturated rings. The van der Waals surface area contributed by atoms with Crippen molar-refractivity contribution in [3.05, 3.63) is 52.7 Å². The van der Waals surface area contributed by atoms with Crippen LogP contribution in [0.15, 0.2) is 30.5 Å². The Bertz CT molecular complexity index is 982. The summed E-state index contributed by atoms with van der Waals surface area (Å²) in [5, 5.41) is 8.71. The maximum absolute atomic E-state index is 14.5. The lowest BCUT2D eigenvalue weighted by Gasteiger charge is -2.09. The lowest BCUT2D eigenvalue weighted by Crippen LogP contribution is -2.02. The Labute approximate surface area is 148 Å². The van der Waals surface area contributed by atoms with Gasteiger partial charge in [-0.15, -0.1) is 10.2 Å². The Hall–Kier alpha value is -2.47. The fourth-order valence-electron chi connectivity index (χ4n) is 2.88. The fourth-order valence-corrected chi connectivity index (χ4v) is 3.17. The second-order valence-corrected chi connectivity index (χ2v) is 6.56. The van der Waals surface area contributed by atoms with Gasteiger partial charge in [-0.2, -0.15) is 0 Å². The average molecular weight is 360 g/mol. The van der Waals surface area contributed by atoms with Crippen molar-refractivity contribution in [2.45, 2.75) is 19.3 Å². The summed E-state index contributed by atoms with van der Waals surface area (Å²) in [5.41, 5.74) is 1.46. The van der Waals surface area contributed by atoms with E-state index in [4.69, 9.17) is 11.6 Å². The maximum atomic E-state index is 14.5. The molecule has 1 aliphatic carbocycles. The van der Waals surface area contributed by atoms with Gasteiger partial charge in [0.25, 0.3) is 0 Å². The van der Waals surface area contributed by atoms with Gasteiger partial charge in [0.15, 0.2) is 5.65 Å². The Kier molecular flexibility index (Phi) is 3.92. The lowest BCUT2D eigenvalue weighted by molar-refractivity contribution is 0.0600. The van der Waals surface area contributed by atoms with Crippen LogP contribution in [-0.2, 0) is 11.2 Å². The minimum atomic E-state index is -0.589. The maximum Gasteiger partial charge on any atom is 0.337 e. The summed E-state index contributed by atoms with van der Waals surface area (Å²) in [6.45, 7) is 0. The van der Waals surface area contributed by atoms with E-state index in [9.17, 15) is 9.18 Å². The third kappa shape index (κ3) is 2.87. The first-order valence-corrected chi connectivity index (χ1v) is 8.36. The molecule has 0 aliphatic heterocycles. The van der Waals surface area contributed by atoms with Crippen molar-refractivity contribution in [2.24, 2.45) is 5.92 Å². The number of fused-ring (bicyclic) bond motifs is 1. The number of pyridine rings is 1. The first-order valence-electron chi connectivity index (χ1n) is 7.99. The van der Waals surface area contributed by atoms with Gasteiger partial charge in [0.05, 0.1) is 17.7 Å². The second kappa shape index (κ2) is 6.11. The SMILES string of the molecule is COC(=O)c1ccc(-c2ccn3c(CC4CC4)nnc3c2Cl)c(F)c1. The summed E-state index contributed by atoms with van der Waals surface area (Å²) in [4.78, 5) is 11.5. The number of rotatable bonds is 4. The number of hydrogen-bond donors (Lipinski definition) is 0. The van der Waals surface area contributed by atoms with Gasteiger partial charge in [0, 0.05) is 23.7 Å². The Morgan fingerprint density at radius 2 is 2.12 bits per heavy atom. The zero-order valence-electron chi connectivity index (χ0n) is 13.5.